The minimum atomic E-state index is -0.602. The van der Waals surface area contributed by atoms with Crippen LogP contribution in [0.4, 0.5) is 0 Å². The molecule has 0 spiro atoms. The van der Waals surface area contributed by atoms with E-state index in [2.05, 4.69) is 4.98 Å². The van der Waals surface area contributed by atoms with E-state index in [-0.39, 0.29) is 0 Å². The standard InChI is InChI=1S/C18H20ClNO3/c1-5-13-15(11-6-8-12(19)9-7-11)14(10-21)20-16(13)17(22)23-18(2,3)4/h6-10,20H,5H2,1-4H3. The van der Waals surface area contributed by atoms with Crippen LogP contribution < -0.4 is 0 Å². The third-order valence-electron chi connectivity index (χ3n) is 3.34. The Morgan fingerprint density at radius 3 is 2.35 bits per heavy atom. The highest BCUT2D eigenvalue weighted by Gasteiger charge is 2.26. The summed E-state index contributed by atoms with van der Waals surface area (Å²) in [5.41, 5.74) is 2.41. The number of hydrogen-bond acceptors (Lipinski definition) is 3. The van der Waals surface area contributed by atoms with Crippen molar-refractivity contribution in [2.45, 2.75) is 39.7 Å². The number of nitrogens with one attached hydrogen (secondary N) is 1. The molecular formula is C18H20ClNO3. The van der Waals surface area contributed by atoms with Crippen LogP contribution in [0.25, 0.3) is 11.1 Å². The molecule has 122 valence electrons. The van der Waals surface area contributed by atoms with Crippen LogP contribution >= 0.6 is 11.6 Å². The van der Waals surface area contributed by atoms with Crippen LogP contribution in [0, 0.1) is 0 Å². The molecule has 1 aromatic carbocycles. The molecule has 0 unspecified atom stereocenters. The smallest absolute Gasteiger partial charge is 0.355 e. The zero-order valence-corrected chi connectivity index (χ0v) is 14.5. The SMILES string of the molecule is CCc1c(C(=O)OC(C)(C)C)[nH]c(C=O)c1-c1ccc(Cl)cc1. The van der Waals surface area contributed by atoms with E-state index >= 15 is 0 Å². The summed E-state index contributed by atoms with van der Waals surface area (Å²) in [6, 6.07) is 7.17. The van der Waals surface area contributed by atoms with Gasteiger partial charge < -0.3 is 9.72 Å². The Hall–Kier alpha value is -2.07. The summed E-state index contributed by atoms with van der Waals surface area (Å²) in [5, 5.41) is 0.613. The van der Waals surface area contributed by atoms with E-state index in [1.54, 1.807) is 32.9 Å². The summed E-state index contributed by atoms with van der Waals surface area (Å²) in [7, 11) is 0. The van der Waals surface area contributed by atoms with Gasteiger partial charge in [-0.25, -0.2) is 4.79 Å². The van der Waals surface area contributed by atoms with Crippen LogP contribution in [0.15, 0.2) is 24.3 Å². The average Bonchev–Trinajstić information content (AvgIpc) is 2.85. The van der Waals surface area contributed by atoms with Crippen LogP contribution in [-0.4, -0.2) is 22.8 Å². The van der Waals surface area contributed by atoms with Gasteiger partial charge in [-0.3, -0.25) is 4.79 Å². The number of aromatic nitrogens is 1. The number of hydrogen-bond donors (Lipinski definition) is 1. The molecule has 1 N–H and O–H groups in total. The van der Waals surface area contributed by atoms with Crippen LogP contribution in [0.3, 0.4) is 0 Å². The summed E-state index contributed by atoms with van der Waals surface area (Å²) < 4.78 is 5.43. The topological polar surface area (TPSA) is 59.2 Å². The normalized spacial score (nSPS) is 11.3. The van der Waals surface area contributed by atoms with Crippen molar-refractivity contribution < 1.29 is 14.3 Å². The molecule has 0 saturated heterocycles. The van der Waals surface area contributed by atoms with Gasteiger partial charge in [-0.15, -0.1) is 0 Å². The molecule has 2 aromatic rings. The number of aldehydes is 1. The molecule has 0 atom stereocenters. The van der Waals surface area contributed by atoms with E-state index in [4.69, 9.17) is 16.3 Å². The first-order valence-corrected chi connectivity index (χ1v) is 7.84. The molecule has 0 radical (unpaired) electrons. The quantitative estimate of drug-likeness (QED) is 0.653. The number of H-pyrrole nitrogens is 1. The van der Waals surface area contributed by atoms with Crippen molar-refractivity contribution in [2.75, 3.05) is 0 Å². The predicted molar refractivity (Wildman–Crippen MR) is 91.2 cm³/mol. The Morgan fingerprint density at radius 2 is 1.87 bits per heavy atom. The molecule has 0 bridgehead atoms. The number of halogens is 1. The second-order valence-corrected chi connectivity index (χ2v) is 6.68. The van der Waals surface area contributed by atoms with Gasteiger partial charge in [-0.05, 0) is 50.5 Å². The molecular weight excluding hydrogens is 314 g/mol. The zero-order chi connectivity index (χ0) is 17.2. The molecule has 2 rings (SSSR count). The number of aromatic amines is 1. The first kappa shape index (κ1) is 17.3. The molecule has 23 heavy (non-hydrogen) atoms. The summed E-state index contributed by atoms with van der Waals surface area (Å²) in [5.74, 6) is -0.460. The lowest BCUT2D eigenvalue weighted by atomic mass is 9.98. The fourth-order valence-corrected chi connectivity index (χ4v) is 2.58. The van der Waals surface area contributed by atoms with Gasteiger partial charge in [0.25, 0.3) is 0 Å². The Kier molecular flexibility index (Phi) is 4.95. The number of esters is 1. The van der Waals surface area contributed by atoms with E-state index in [0.717, 1.165) is 23.0 Å². The molecule has 0 aliphatic carbocycles. The third kappa shape index (κ3) is 3.82. The molecule has 0 amide bonds. The first-order valence-electron chi connectivity index (χ1n) is 7.46. The minimum absolute atomic E-state index is 0.328. The van der Waals surface area contributed by atoms with Gasteiger partial charge in [0.15, 0.2) is 6.29 Å². The summed E-state index contributed by atoms with van der Waals surface area (Å²) in [6.07, 6.45) is 1.31. The van der Waals surface area contributed by atoms with Crippen molar-refractivity contribution in [1.82, 2.24) is 4.98 Å². The monoisotopic (exact) mass is 333 g/mol. The molecule has 0 aliphatic rings. The predicted octanol–water partition coefficient (Wildman–Crippen LogP) is 4.67. The highest BCUT2D eigenvalue weighted by molar-refractivity contribution is 6.30. The van der Waals surface area contributed by atoms with Crippen molar-refractivity contribution >= 4 is 23.9 Å². The van der Waals surface area contributed by atoms with Gasteiger partial charge in [0.05, 0.1) is 5.69 Å². The number of carbonyl (C=O) groups excluding carboxylic acids is 2. The summed E-state index contributed by atoms with van der Waals surface area (Å²) in [4.78, 5) is 26.8. The second kappa shape index (κ2) is 6.59. The molecule has 1 heterocycles. The zero-order valence-electron chi connectivity index (χ0n) is 13.7. The van der Waals surface area contributed by atoms with Crippen molar-refractivity contribution in [3.8, 4) is 11.1 Å². The highest BCUT2D eigenvalue weighted by atomic mass is 35.5. The van der Waals surface area contributed by atoms with E-state index in [1.807, 2.05) is 19.1 Å². The average molecular weight is 334 g/mol. The van der Waals surface area contributed by atoms with E-state index in [1.165, 1.54) is 0 Å². The summed E-state index contributed by atoms with van der Waals surface area (Å²) in [6.45, 7) is 7.35. The van der Waals surface area contributed by atoms with Gasteiger partial charge >= 0.3 is 5.97 Å². The molecule has 5 heteroatoms. The van der Waals surface area contributed by atoms with E-state index in [9.17, 15) is 9.59 Å². The maximum atomic E-state index is 12.4. The Balaban J connectivity index is 2.57. The molecule has 0 saturated carbocycles. The van der Waals surface area contributed by atoms with Gasteiger partial charge in [0.1, 0.15) is 11.3 Å². The molecule has 4 nitrogen and oxygen atoms in total. The van der Waals surface area contributed by atoms with Crippen LogP contribution in [0.5, 0.6) is 0 Å². The van der Waals surface area contributed by atoms with E-state index in [0.29, 0.717) is 22.8 Å². The number of rotatable bonds is 4. The molecule has 0 aliphatic heterocycles. The van der Waals surface area contributed by atoms with Gasteiger partial charge in [0.2, 0.25) is 0 Å². The Morgan fingerprint density at radius 1 is 1.26 bits per heavy atom. The highest BCUT2D eigenvalue weighted by Crippen LogP contribution is 2.32. The van der Waals surface area contributed by atoms with Gasteiger partial charge in [-0.2, -0.15) is 0 Å². The van der Waals surface area contributed by atoms with E-state index < -0.39 is 11.6 Å². The van der Waals surface area contributed by atoms with Crippen molar-refractivity contribution in [2.24, 2.45) is 0 Å². The number of benzene rings is 1. The maximum Gasteiger partial charge on any atom is 0.355 e. The molecule has 1 aromatic heterocycles. The second-order valence-electron chi connectivity index (χ2n) is 6.25. The molecule has 0 fully saturated rings. The van der Waals surface area contributed by atoms with Crippen LogP contribution in [0.1, 0.15) is 54.2 Å². The summed E-state index contributed by atoms with van der Waals surface area (Å²) >= 11 is 5.92. The van der Waals surface area contributed by atoms with Crippen LogP contribution in [0.2, 0.25) is 5.02 Å². The van der Waals surface area contributed by atoms with Gasteiger partial charge in [-0.1, -0.05) is 30.7 Å². The lowest BCUT2D eigenvalue weighted by Gasteiger charge is -2.19. The Bertz CT molecular complexity index is 724. The van der Waals surface area contributed by atoms with Crippen LogP contribution in [-0.2, 0) is 11.2 Å². The third-order valence-corrected chi connectivity index (χ3v) is 3.59. The van der Waals surface area contributed by atoms with Crippen molar-refractivity contribution in [1.29, 1.82) is 0 Å². The first-order chi connectivity index (χ1) is 10.8. The fraction of sp³-hybridized carbons (Fsp3) is 0.333. The minimum Gasteiger partial charge on any atom is -0.455 e. The largest absolute Gasteiger partial charge is 0.455 e. The number of ether oxygens (including phenoxy) is 1. The van der Waals surface area contributed by atoms with Gasteiger partial charge in [0, 0.05) is 10.6 Å². The Labute approximate surface area is 140 Å². The van der Waals surface area contributed by atoms with Crippen molar-refractivity contribution in [3.63, 3.8) is 0 Å². The lowest BCUT2D eigenvalue weighted by Crippen LogP contribution is -2.24. The maximum absolute atomic E-state index is 12.4. The lowest BCUT2D eigenvalue weighted by molar-refractivity contribution is 0.00624. The van der Waals surface area contributed by atoms with Crippen molar-refractivity contribution in [3.05, 3.63) is 46.2 Å². The number of carbonyl (C=O) groups is 2. The fourth-order valence-electron chi connectivity index (χ4n) is 2.45.